The van der Waals surface area contributed by atoms with E-state index in [1.54, 1.807) is 0 Å². The molecule has 2 unspecified atom stereocenters. The number of nitrogens with zero attached hydrogens (tertiary/aromatic N) is 1. The van der Waals surface area contributed by atoms with E-state index in [-0.39, 0.29) is 25.8 Å². The van der Waals surface area contributed by atoms with Gasteiger partial charge in [-0.05, 0) is 57.8 Å². The summed E-state index contributed by atoms with van der Waals surface area (Å²) in [5.41, 5.74) is 0. The number of hydrogen-bond donors (Lipinski definition) is 0. The van der Waals surface area contributed by atoms with Crippen molar-refractivity contribution in [1.82, 2.24) is 0 Å². The van der Waals surface area contributed by atoms with Crippen LogP contribution < -0.4 is 4.89 Å². The fourth-order valence-electron chi connectivity index (χ4n) is 4.56. The molecule has 0 heterocycles. The number of allylic oxidation sites excluding steroid dienone is 12. The molecular formula is C41H72NO7P. The molecule has 0 N–H and O–H groups in total. The maximum Gasteiger partial charge on any atom is 0.306 e. The number of ether oxygens (including phenoxy) is 2. The summed E-state index contributed by atoms with van der Waals surface area (Å²) in [6.45, 7) is 5.07. The van der Waals surface area contributed by atoms with Crippen molar-refractivity contribution in [3.8, 4) is 0 Å². The molecule has 0 aliphatic heterocycles. The second kappa shape index (κ2) is 34.0. The summed E-state index contributed by atoms with van der Waals surface area (Å²) in [4.78, 5) is 24.8. The Bertz CT molecular complexity index is 1030. The van der Waals surface area contributed by atoms with Crippen LogP contribution in [-0.2, 0) is 27.9 Å². The largest absolute Gasteiger partial charge is 0.756 e. The van der Waals surface area contributed by atoms with Gasteiger partial charge in [0.25, 0.3) is 7.82 Å². The zero-order chi connectivity index (χ0) is 37.0. The maximum absolute atomic E-state index is 12.5. The van der Waals surface area contributed by atoms with Gasteiger partial charge in [-0.3, -0.25) is 9.36 Å². The molecule has 0 rings (SSSR count). The molecule has 50 heavy (non-hydrogen) atoms. The minimum atomic E-state index is -4.53. The number of phosphoric ester groups is 1. The van der Waals surface area contributed by atoms with Gasteiger partial charge in [0.05, 0.1) is 34.4 Å². The SMILES string of the molecule is CC/C=C\C/C=C\C/C=C\C/C=C\C/C=C\C/C=C\CCCOCC(COP(=O)([O-])OCC[N+](C)(C)C)OC(=O)CCCCCCCCCC. The summed E-state index contributed by atoms with van der Waals surface area (Å²) in [7, 11) is 1.31. The van der Waals surface area contributed by atoms with Crippen LogP contribution in [0.1, 0.15) is 123 Å². The van der Waals surface area contributed by atoms with Crippen molar-refractivity contribution in [1.29, 1.82) is 0 Å². The van der Waals surface area contributed by atoms with Gasteiger partial charge in [0.2, 0.25) is 0 Å². The van der Waals surface area contributed by atoms with Crippen molar-refractivity contribution in [2.75, 3.05) is 54.1 Å². The number of unbranched alkanes of at least 4 members (excludes halogenated alkanes) is 8. The summed E-state index contributed by atoms with van der Waals surface area (Å²) < 4.78 is 34.3. The van der Waals surface area contributed by atoms with Crippen LogP contribution >= 0.6 is 7.82 Å². The lowest BCUT2D eigenvalue weighted by Gasteiger charge is -2.28. The monoisotopic (exact) mass is 722 g/mol. The van der Waals surface area contributed by atoms with Crippen LogP contribution in [0, 0.1) is 0 Å². The molecule has 0 spiro atoms. The highest BCUT2D eigenvalue weighted by Gasteiger charge is 2.20. The Morgan fingerprint density at radius 1 is 0.640 bits per heavy atom. The lowest BCUT2D eigenvalue weighted by atomic mass is 10.1. The van der Waals surface area contributed by atoms with E-state index < -0.39 is 13.9 Å². The van der Waals surface area contributed by atoms with E-state index in [9.17, 15) is 14.3 Å². The fraction of sp³-hybridized carbons (Fsp3) is 0.683. The van der Waals surface area contributed by atoms with Gasteiger partial charge in [-0.25, -0.2) is 0 Å². The van der Waals surface area contributed by atoms with E-state index in [4.69, 9.17) is 18.5 Å². The van der Waals surface area contributed by atoms with Crippen molar-refractivity contribution in [2.24, 2.45) is 0 Å². The lowest BCUT2D eigenvalue weighted by Crippen LogP contribution is -2.37. The quantitative estimate of drug-likeness (QED) is 0.0215. The molecule has 0 aromatic heterocycles. The molecule has 0 fully saturated rings. The standard InChI is InChI=1S/C41H72NO7P/c1-6-8-10-12-14-16-17-18-19-20-21-22-23-24-25-26-27-29-31-33-36-46-38-40(39-48-50(44,45)47-37-35-42(3,4)5)49-41(43)34-32-30-28-15-13-11-9-7-2/h8,10,14,16,18-19,21-22,24-25,27,29,40H,6-7,9,11-13,15,17,20,23,26,28,30-39H2,1-5H3/b10-8-,16-14-,19-18-,22-21-,25-24-,29-27-. The first-order valence-electron chi connectivity index (χ1n) is 19.2. The Labute approximate surface area is 306 Å². The van der Waals surface area contributed by atoms with Crippen LogP contribution in [0.5, 0.6) is 0 Å². The van der Waals surface area contributed by atoms with Crippen molar-refractivity contribution in [3.63, 3.8) is 0 Å². The van der Waals surface area contributed by atoms with Crippen LogP contribution in [0.3, 0.4) is 0 Å². The number of rotatable bonds is 34. The third-order valence-corrected chi connectivity index (χ3v) is 8.49. The Morgan fingerprint density at radius 3 is 1.66 bits per heavy atom. The molecule has 2 atom stereocenters. The number of hydrogen-bond acceptors (Lipinski definition) is 7. The van der Waals surface area contributed by atoms with Crippen LogP contribution in [0.15, 0.2) is 72.9 Å². The van der Waals surface area contributed by atoms with Gasteiger partial charge in [0.15, 0.2) is 0 Å². The minimum Gasteiger partial charge on any atom is -0.756 e. The number of carbonyl (C=O) groups excluding carboxylic acids is 1. The summed E-state index contributed by atoms with van der Waals surface area (Å²) in [6, 6.07) is 0. The number of esters is 1. The zero-order valence-corrected chi connectivity index (χ0v) is 33.2. The number of likely N-dealkylation sites (N-methyl/N-ethyl adjacent to an activating group) is 1. The van der Waals surface area contributed by atoms with Gasteiger partial charge < -0.3 is 27.9 Å². The van der Waals surface area contributed by atoms with Gasteiger partial charge in [-0.1, -0.05) is 132 Å². The van der Waals surface area contributed by atoms with Crippen LogP contribution in [0.4, 0.5) is 0 Å². The average molecular weight is 722 g/mol. The second-order valence-corrected chi connectivity index (χ2v) is 15.0. The molecule has 0 saturated heterocycles. The van der Waals surface area contributed by atoms with Gasteiger partial charge in [0, 0.05) is 13.0 Å². The first kappa shape index (κ1) is 47.9. The Balaban J connectivity index is 4.36. The summed E-state index contributed by atoms with van der Waals surface area (Å²) in [6.07, 6.45) is 42.2. The zero-order valence-electron chi connectivity index (χ0n) is 32.3. The smallest absolute Gasteiger partial charge is 0.306 e. The third-order valence-electron chi connectivity index (χ3n) is 7.52. The van der Waals surface area contributed by atoms with Crippen LogP contribution in [-0.4, -0.2) is 70.7 Å². The molecule has 0 aromatic rings. The molecule has 288 valence electrons. The molecule has 0 aromatic carbocycles. The predicted molar refractivity (Wildman–Crippen MR) is 208 cm³/mol. The summed E-state index contributed by atoms with van der Waals surface area (Å²) >= 11 is 0. The van der Waals surface area contributed by atoms with Crippen molar-refractivity contribution in [2.45, 2.75) is 129 Å². The van der Waals surface area contributed by atoms with E-state index in [1.165, 1.54) is 32.1 Å². The fourth-order valence-corrected chi connectivity index (χ4v) is 5.29. The van der Waals surface area contributed by atoms with Crippen LogP contribution in [0.2, 0.25) is 0 Å². The molecule has 8 nitrogen and oxygen atoms in total. The van der Waals surface area contributed by atoms with Gasteiger partial charge in [0.1, 0.15) is 19.3 Å². The summed E-state index contributed by atoms with van der Waals surface area (Å²) in [5, 5.41) is 0. The maximum atomic E-state index is 12.5. The lowest BCUT2D eigenvalue weighted by molar-refractivity contribution is -0.870. The topological polar surface area (TPSA) is 94.1 Å². The first-order chi connectivity index (χ1) is 24.1. The van der Waals surface area contributed by atoms with Crippen molar-refractivity contribution >= 4 is 13.8 Å². The highest BCUT2D eigenvalue weighted by Crippen LogP contribution is 2.38. The molecule has 9 heteroatoms. The van der Waals surface area contributed by atoms with Crippen LogP contribution in [0.25, 0.3) is 0 Å². The Kier molecular flexibility index (Phi) is 32.6. The van der Waals surface area contributed by atoms with E-state index >= 15 is 0 Å². The average Bonchev–Trinajstić information content (AvgIpc) is 3.06. The molecule has 0 aliphatic carbocycles. The van der Waals surface area contributed by atoms with E-state index in [0.717, 1.165) is 70.6 Å². The second-order valence-electron chi connectivity index (χ2n) is 13.6. The number of phosphoric acid groups is 1. The number of quaternary nitrogens is 1. The Morgan fingerprint density at radius 2 is 1.14 bits per heavy atom. The highest BCUT2D eigenvalue weighted by atomic mass is 31.2. The minimum absolute atomic E-state index is 0.0122. The van der Waals surface area contributed by atoms with Crippen molar-refractivity contribution in [3.05, 3.63) is 72.9 Å². The molecular weight excluding hydrogens is 649 g/mol. The van der Waals surface area contributed by atoms with E-state index in [2.05, 4.69) is 86.8 Å². The summed E-state index contributed by atoms with van der Waals surface area (Å²) in [5.74, 6) is -0.363. The molecule has 0 bridgehead atoms. The van der Waals surface area contributed by atoms with Gasteiger partial charge in [-0.15, -0.1) is 0 Å². The number of carbonyl (C=O) groups is 1. The van der Waals surface area contributed by atoms with Gasteiger partial charge in [-0.2, -0.15) is 0 Å². The Hall–Kier alpha value is -2.06. The molecule has 0 amide bonds. The van der Waals surface area contributed by atoms with Gasteiger partial charge >= 0.3 is 5.97 Å². The molecule has 0 radical (unpaired) electrons. The third kappa shape index (κ3) is 37.2. The highest BCUT2D eigenvalue weighted by molar-refractivity contribution is 7.45. The normalized spacial score (nSPS) is 14.8. The molecule has 0 saturated carbocycles. The predicted octanol–water partition coefficient (Wildman–Crippen LogP) is 10.1. The van der Waals surface area contributed by atoms with E-state index in [0.29, 0.717) is 24.1 Å². The van der Waals surface area contributed by atoms with E-state index in [1.807, 2.05) is 21.1 Å². The van der Waals surface area contributed by atoms with Crippen molar-refractivity contribution < 1.29 is 37.3 Å². The molecule has 0 aliphatic rings. The first-order valence-corrected chi connectivity index (χ1v) is 20.6.